The summed E-state index contributed by atoms with van der Waals surface area (Å²) in [6.45, 7) is 6.35. The zero-order chi connectivity index (χ0) is 25.3. The smallest absolute Gasteiger partial charge is 0.161 e. The van der Waals surface area contributed by atoms with Gasteiger partial charge in [0.25, 0.3) is 0 Å². The Morgan fingerprint density at radius 2 is 1.67 bits per heavy atom. The summed E-state index contributed by atoms with van der Waals surface area (Å²) in [4.78, 5) is 0. The SMILES string of the molecule is CCCCOc1cc(C=CC2NCCc3cc(OCc4ccccc4)c(OC)cc32)c(C)cc1OC. The molecule has 0 saturated heterocycles. The molecule has 1 N–H and O–H groups in total. The first-order valence-electron chi connectivity index (χ1n) is 12.7. The van der Waals surface area contributed by atoms with Gasteiger partial charge in [0.1, 0.15) is 6.61 Å². The second-order valence-electron chi connectivity index (χ2n) is 9.08. The fraction of sp³-hybridized carbons (Fsp3) is 0.355. The molecule has 5 heteroatoms. The molecule has 3 aromatic rings. The Balaban J connectivity index is 1.56. The van der Waals surface area contributed by atoms with Crippen LogP contribution in [0.5, 0.6) is 23.0 Å². The number of hydrogen-bond donors (Lipinski definition) is 1. The van der Waals surface area contributed by atoms with Crippen molar-refractivity contribution in [1.29, 1.82) is 0 Å². The van der Waals surface area contributed by atoms with Gasteiger partial charge in [0.05, 0.1) is 26.9 Å². The number of methoxy groups -OCH3 is 2. The molecule has 0 aromatic heterocycles. The molecule has 0 radical (unpaired) electrons. The van der Waals surface area contributed by atoms with Crippen LogP contribution in [0.4, 0.5) is 0 Å². The first-order valence-corrected chi connectivity index (χ1v) is 12.7. The van der Waals surface area contributed by atoms with Crippen molar-refractivity contribution < 1.29 is 18.9 Å². The van der Waals surface area contributed by atoms with E-state index in [2.05, 4.69) is 61.6 Å². The Kier molecular flexibility index (Phi) is 8.90. The summed E-state index contributed by atoms with van der Waals surface area (Å²) in [6, 6.07) is 18.6. The van der Waals surface area contributed by atoms with Crippen LogP contribution in [-0.4, -0.2) is 27.4 Å². The molecule has 0 amide bonds. The Labute approximate surface area is 215 Å². The van der Waals surface area contributed by atoms with Crippen LogP contribution in [-0.2, 0) is 13.0 Å². The molecule has 0 aliphatic carbocycles. The molecule has 1 atom stereocenters. The Morgan fingerprint density at radius 1 is 0.917 bits per heavy atom. The van der Waals surface area contributed by atoms with Crippen LogP contribution < -0.4 is 24.3 Å². The topological polar surface area (TPSA) is 49.0 Å². The zero-order valence-corrected chi connectivity index (χ0v) is 21.8. The van der Waals surface area contributed by atoms with Gasteiger partial charge in [0.2, 0.25) is 0 Å². The van der Waals surface area contributed by atoms with E-state index in [1.54, 1.807) is 14.2 Å². The molecular weight excluding hydrogens is 450 g/mol. The minimum atomic E-state index is 0.0804. The summed E-state index contributed by atoms with van der Waals surface area (Å²) in [5.74, 6) is 3.09. The second kappa shape index (κ2) is 12.5. The Bertz CT molecular complexity index is 1170. The average molecular weight is 488 g/mol. The van der Waals surface area contributed by atoms with Crippen molar-refractivity contribution in [3.05, 3.63) is 88.5 Å². The maximum absolute atomic E-state index is 6.15. The van der Waals surface area contributed by atoms with E-state index in [1.165, 1.54) is 11.1 Å². The summed E-state index contributed by atoms with van der Waals surface area (Å²) in [7, 11) is 3.38. The molecule has 5 nitrogen and oxygen atoms in total. The Morgan fingerprint density at radius 3 is 2.42 bits per heavy atom. The minimum absolute atomic E-state index is 0.0804. The Hall–Kier alpha value is -3.44. The summed E-state index contributed by atoms with van der Waals surface area (Å²) in [5, 5.41) is 3.63. The minimum Gasteiger partial charge on any atom is -0.493 e. The number of hydrogen-bond acceptors (Lipinski definition) is 5. The fourth-order valence-corrected chi connectivity index (χ4v) is 4.43. The molecule has 1 aliphatic rings. The van der Waals surface area contributed by atoms with Crippen molar-refractivity contribution >= 4 is 6.08 Å². The molecule has 36 heavy (non-hydrogen) atoms. The monoisotopic (exact) mass is 487 g/mol. The van der Waals surface area contributed by atoms with Crippen LogP contribution in [0.25, 0.3) is 6.08 Å². The highest BCUT2D eigenvalue weighted by Gasteiger charge is 2.21. The van der Waals surface area contributed by atoms with Gasteiger partial charge in [-0.2, -0.15) is 0 Å². The van der Waals surface area contributed by atoms with Crippen LogP contribution in [0.1, 0.15) is 53.6 Å². The first-order chi connectivity index (χ1) is 17.6. The number of aryl methyl sites for hydroxylation is 1. The highest BCUT2D eigenvalue weighted by Crippen LogP contribution is 2.37. The lowest BCUT2D eigenvalue weighted by molar-refractivity contribution is 0.283. The van der Waals surface area contributed by atoms with Crippen LogP contribution in [0.2, 0.25) is 0 Å². The molecule has 0 bridgehead atoms. The summed E-state index contributed by atoms with van der Waals surface area (Å²) >= 11 is 0. The third kappa shape index (κ3) is 6.21. The summed E-state index contributed by atoms with van der Waals surface area (Å²) < 4.78 is 23.4. The third-order valence-electron chi connectivity index (χ3n) is 6.53. The molecule has 1 heterocycles. The molecule has 3 aromatic carbocycles. The van der Waals surface area contributed by atoms with E-state index in [9.17, 15) is 0 Å². The van der Waals surface area contributed by atoms with Crippen molar-refractivity contribution in [3.8, 4) is 23.0 Å². The van der Waals surface area contributed by atoms with Gasteiger partial charge >= 0.3 is 0 Å². The van der Waals surface area contributed by atoms with Gasteiger partial charge in [-0.15, -0.1) is 0 Å². The van der Waals surface area contributed by atoms with Crippen LogP contribution >= 0.6 is 0 Å². The highest BCUT2D eigenvalue weighted by molar-refractivity contribution is 5.61. The highest BCUT2D eigenvalue weighted by atomic mass is 16.5. The van der Waals surface area contributed by atoms with E-state index in [1.807, 2.05) is 24.3 Å². The van der Waals surface area contributed by atoms with E-state index in [4.69, 9.17) is 18.9 Å². The predicted octanol–water partition coefficient (Wildman–Crippen LogP) is 6.67. The molecule has 4 rings (SSSR count). The van der Waals surface area contributed by atoms with Gasteiger partial charge in [0.15, 0.2) is 23.0 Å². The normalized spacial score (nSPS) is 14.9. The molecule has 0 spiro atoms. The molecule has 0 fully saturated rings. The molecule has 1 aliphatic heterocycles. The number of benzene rings is 3. The first kappa shape index (κ1) is 25.6. The standard InChI is InChI=1S/C31H37NO4/c1-5-6-16-35-30-18-24(22(2)17-28(30)33-3)12-13-27-26-20-29(34-4)31(19-25(26)14-15-32-27)36-21-23-10-8-7-9-11-23/h7-13,17-20,27,32H,5-6,14-16,21H2,1-4H3. The quantitative estimate of drug-likeness (QED) is 0.306. The number of unbranched alkanes of at least 4 members (excludes halogenated alkanes) is 1. The lowest BCUT2D eigenvalue weighted by Gasteiger charge is -2.26. The molecule has 190 valence electrons. The van der Waals surface area contributed by atoms with E-state index in [0.29, 0.717) is 13.2 Å². The molecule has 1 unspecified atom stereocenters. The van der Waals surface area contributed by atoms with Crippen molar-refractivity contribution in [2.24, 2.45) is 0 Å². The van der Waals surface area contributed by atoms with Gasteiger partial charge < -0.3 is 24.3 Å². The summed E-state index contributed by atoms with van der Waals surface area (Å²) in [6.07, 6.45) is 7.44. The summed E-state index contributed by atoms with van der Waals surface area (Å²) in [5.41, 5.74) is 5.89. The van der Waals surface area contributed by atoms with Gasteiger partial charge in [-0.25, -0.2) is 0 Å². The van der Waals surface area contributed by atoms with Gasteiger partial charge in [-0.1, -0.05) is 55.8 Å². The van der Waals surface area contributed by atoms with Crippen molar-refractivity contribution in [3.63, 3.8) is 0 Å². The number of rotatable bonds is 11. The van der Waals surface area contributed by atoms with E-state index >= 15 is 0 Å². The van der Waals surface area contributed by atoms with E-state index < -0.39 is 0 Å². The molecule has 0 saturated carbocycles. The van der Waals surface area contributed by atoms with Crippen LogP contribution in [0, 0.1) is 6.92 Å². The van der Waals surface area contributed by atoms with Crippen LogP contribution in [0.15, 0.2) is 60.7 Å². The van der Waals surface area contributed by atoms with Crippen molar-refractivity contribution in [1.82, 2.24) is 5.32 Å². The third-order valence-corrected chi connectivity index (χ3v) is 6.53. The maximum atomic E-state index is 6.15. The number of nitrogens with one attached hydrogen (secondary N) is 1. The number of fused-ring (bicyclic) bond motifs is 1. The predicted molar refractivity (Wildman–Crippen MR) is 145 cm³/mol. The zero-order valence-electron chi connectivity index (χ0n) is 21.8. The van der Waals surface area contributed by atoms with Gasteiger partial charge in [-0.3, -0.25) is 0 Å². The van der Waals surface area contributed by atoms with E-state index in [0.717, 1.165) is 65.5 Å². The lowest BCUT2D eigenvalue weighted by atomic mass is 9.92. The van der Waals surface area contributed by atoms with Crippen molar-refractivity contribution in [2.75, 3.05) is 27.4 Å². The lowest BCUT2D eigenvalue weighted by Crippen LogP contribution is -2.28. The van der Waals surface area contributed by atoms with Gasteiger partial charge in [-0.05, 0) is 71.8 Å². The largest absolute Gasteiger partial charge is 0.493 e. The van der Waals surface area contributed by atoms with Crippen molar-refractivity contribution in [2.45, 2.75) is 45.8 Å². The fourth-order valence-electron chi connectivity index (χ4n) is 4.43. The average Bonchev–Trinajstić information content (AvgIpc) is 2.91. The second-order valence-corrected chi connectivity index (χ2v) is 9.08. The maximum Gasteiger partial charge on any atom is 0.161 e. The van der Waals surface area contributed by atoms with Gasteiger partial charge in [0, 0.05) is 6.54 Å². The number of ether oxygens (including phenoxy) is 4. The van der Waals surface area contributed by atoms with E-state index in [-0.39, 0.29) is 6.04 Å². The molecular formula is C31H37NO4. The van der Waals surface area contributed by atoms with Crippen LogP contribution in [0.3, 0.4) is 0 Å².